The molecule has 0 aliphatic heterocycles. The summed E-state index contributed by atoms with van der Waals surface area (Å²) in [7, 11) is -1.30. The van der Waals surface area contributed by atoms with Crippen molar-refractivity contribution in [2.24, 2.45) is 0 Å². The molecule has 0 fully saturated rings. The summed E-state index contributed by atoms with van der Waals surface area (Å²) in [6, 6.07) is 18.9. The fourth-order valence-corrected chi connectivity index (χ4v) is 5.25. The molecule has 19 heavy (non-hydrogen) atoms. The molecular formula is C16H22N2Si. The van der Waals surface area contributed by atoms with Gasteiger partial charge in [0.25, 0.3) is 0 Å². The molecule has 0 radical (unpaired) electrons. The van der Waals surface area contributed by atoms with E-state index >= 15 is 0 Å². The van der Waals surface area contributed by atoms with Gasteiger partial charge in [0.15, 0.2) is 0 Å². The molecule has 0 atom stereocenters. The predicted molar refractivity (Wildman–Crippen MR) is 86.6 cm³/mol. The third-order valence-corrected chi connectivity index (χ3v) is 6.06. The molecule has 0 aliphatic rings. The van der Waals surface area contributed by atoms with Gasteiger partial charge in [-0.1, -0.05) is 48.5 Å². The lowest BCUT2D eigenvalue weighted by Gasteiger charge is -2.23. The molecule has 0 aliphatic carbocycles. The van der Waals surface area contributed by atoms with E-state index in [0.29, 0.717) is 0 Å². The second kappa shape index (κ2) is 5.49. The van der Waals surface area contributed by atoms with Gasteiger partial charge in [-0.2, -0.15) is 0 Å². The summed E-state index contributed by atoms with van der Waals surface area (Å²) in [6.45, 7) is 4.86. The molecule has 0 bridgehead atoms. The second-order valence-electron chi connectivity index (χ2n) is 6.00. The van der Waals surface area contributed by atoms with Crippen LogP contribution in [0, 0.1) is 0 Å². The summed E-state index contributed by atoms with van der Waals surface area (Å²) in [4.78, 5) is 0. The van der Waals surface area contributed by atoms with E-state index < -0.39 is 8.07 Å². The SMILES string of the molecule is C[Si](C)(Cc1ccc(N)cc1)Cc1ccc(N)cc1. The molecule has 0 aromatic heterocycles. The van der Waals surface area contributed by atoms with Crippen molar-refractivity contribution in [1.29, 1.82) is 0 Å². The first-order chi connectivity index (χ1) is 8.94. The van der Waals surface area contributed by atoms with Crippen LogP contribution in [0.4, 0.5) is 11.4 Å². The Labute approximate surface area is 116 Å². The van der Waals surface area contributed by atoms with Crippen LogP contribution in [0.3, 0.4) is 0 Å². The van der Waals surface area contributed by atoms with E-state index in [4.69, 9.17) is 11.5 Å². The molecule has 2 rings (SSSR count). The van der Waals surface area contributed by atoms with Crippen molar-refractivity contribution in [3.63, 3.8) is 0 Å². The van der Waals surface area contributed by atoms with Gasteiger partial charge in [-0.3, -0.25) is 0 Å². The fourth-order valence-electron chi connectivity index (χ4n) is 2.44. The maximum atomic E-state index is 5.73. The van der Waals surface area contributed by atoms with Gasteiger partial charge in [0.2, 0.25) is 0 Å². The van der Waals surface area contributed by atoms with Crippen LogP contribution in [0.25, 0.3) is 0 Å². The van der Waals surface area contributed by atoms with Gasteiger partial charge >= 0.3 is 0 Å². The number of hydrogen-bond donors (Lipinski definition) is 2. The summed E-state index contributed by atoms with van der Waals surface area (Å²) < 4.78 is 0. The molecule has 4 N–H and O–H groups in total. The molecule has 2 nitrogen and oxygen atoms in total. The lowest BCUT2D eigenvalue weighted by atomic mass is 10.2. The largest absolute Gasteiger partial charge is 0.399 e. The first-order valence-electron chi connectivity index (χ1n) is 6.63. The quantitative estimate of drug-likeness (QED) is 0.660. The van der Waals surface area contributed by atoms with Gasteiger partial charge in [-0.05, 0) is 36.4 Å². The maximum absolute atomic E-state index is 5.73. The van der Waals surface area contributed by atoms with Crippen LogP contribution in [-0.4, -0.2) is 8.07 Å². The van der Waals surface area contributed by atoms with Crippen LogP contribution >= 0.6 is 0 Å². The molecule has 2 aromatic carbocycles. The first-order valence-corrected chi connectivity index (χ1v) is 10.0. The average molecular weight is 270 g/mol. The van der Waals surface area contributed by atoms with Gasteiger partial charge < -0.3 is 11.5 Å². The predicted octanol–water partition coefficient (Wildman–Crippen LogP) is 3.42. The average Bonchev–Trinajstić information content (AvgIpc) is 2.34. The highest BCUT2D eigenvalue weighted by molar-refractivity contribution is 6.76. The molecule has 0 unspecified atom stereocenters. The molecular weight excluding hydrogens is 248 g/mol. The summed E-state index contributed by atoms with van der Waals surface area (Å²) in [6.07, 6.45) is 0. The van der Waals surface area contributed by atoms with Crippen LogP contribution in [0.15, 0.2) is 48.5 Å². The van der Waals surface area contributed by atoms with Crippen molar-refractivity contribution in [2.45, 2.75) is 25.2 Å². The molecule has 0 heterocycles. The smallest absolute Gasteiger partial charge is 0.0561 e. The Kier molecular flexibility index (Phi) is 3.95. The third-order valence-electron chi connectivity index (χ3n) is 3.32. The Bertz CT molecular complexity index is 480. The van der Waals surface area contributed by atoms with Crippen molar-refractivity contribution in [3.05, 3.63) is 59.7 Å². The molecule has 2 aromatic rings. The minimum absolute atomic E-state index is 0.835. The van der Waals surface area contributed by atoms with Crippen LogP contribution in [-0.2, 0) is 12.1 Å². The van der Waals surface area contributed by atoms with Crippen LogP contribution < -0.4 is 11.5 Å². The summed E-state index contributed by atoms with van der Waals surface area (Å²) >= 11 is 0. The molecule has 0 saturated carbocycles. The van der Waals surface area contributed by atoms with E-state index in [1.165, 1.54) is 23.2 Å². The van der Waals surface area contributed by atoms with Crippen molar-refractivity contribution >= 4 is 19.4 Å². The van der Waals surface area contributed by atoms with Gasteiger partial charge in [0.05, 0.1) is 8.07 Å². The Morgan fingerprint density at radius 3 is 1.32 bits per heavy atom. The summed E-state index contributed by atoms with van der Waals surface area (Å²) in [5, 5.41) is 0. The number of hydrogen-bond acceptors (Lipinski definition) is 2. The number of benzene rings is 2. The monoisotopic (exact) mass is 270 g/mol. The Morgan fingerprint density at radius 2 is 1.00 bits per heavy atom. The first kappa shape index (κ1) is 13.7. The minimum atomic E-state index is -1.30. The summed E-state index contributed by atoms with van der Waals surface area (Å²) in [5.41, 5.74) is 15.9. The molecule has 0 spiro atoms. The number of rotatable bonds is 4. The lowest BCUT2D eigenvalue weighted by molar-refractivity contribution is 1.21. The highest BCUT2D eigenvalue weighted by Gasteiger charge is 2.21. The van der Waals surface area contributed by atoms with E-state index in [2.05, 4.69) is 37.4 Å². The third kappa shape index (κ3) is 4.14. The standard InChI is InChI=1S/C16H22N2Si/c1-19(2,11-13-3-7-15(17)8-4-13)12-14-5-9-16(18)10-6-14/h3-10H,11-12,17-18H2,1-2H3. The highest BCUT2D eigenvalue weighted by atomic mass is 28.3. The van der Waals surface area contributed by atoms with E-state index in [1.807, 2.05) is 24.3 Å². The van der Waals surface area contributed by atoms with Crippen LogP contribution in [0.2, 0.25) is 13.1 Å². The van der Waals surface area contributed by atoms with Crippen molar-refractivity contribution in [3.8, 4) is 0 Å². The molecule has 0 amide bonds. The van der Waals surface area contributed by atoms with Gasteiger partial charge in [-0.25, -0.2) is 0 Å². The fraction of sp³-hybridized carbons (Fsp3) is 0.250. The normalized spacial score (nSPS) is 11.5. The summed E-state index contributed by atoms with van der Waals surface area (Å²) in [5.74, 6) is 0. The molecule has 0 saturated heterocycles. The Balaban J connectivity index is 2.05. The number of nitrogen functional groups attached to an aromatic ring is 2. The van der Waals surface area contributed by atoms with Crippen molar-refractivity contribution in [2.75, 3.05) is 11.5 Å². The topological polar surface area (TPSA) is 52.0 Å². The highest BCUT2D eigenvalue weighted by Crippen LogP contribution is 2.19. The minimum Gasteiger partial charge on any atom is -0.399 e. The van der Waals surface area contributed by atoms with Gasteiger partial charge in [0.1, 0.15) is 0 Å². The maximum Gasteiger partial charge on any atom is 0.0561 e. The van der Waals surface area contributed by atoms with Crippen LogP contribution in [0.5, 0.6) is 0 Å². The van der Waals surface area contributed by atoms with Gasteiger partial charge in [0, 0.05) is 11.4 Å². The molecule has 100 valence electrons. The zero-order valence-corrected chi connectivity index (χ0v) is 12.7. The zero-order chi connectivity index (χ0) is 13.9. The number of anilines is 2. The zero-order valence-electron chi connectivity index (χ0n) is 11.7. The van der Waals surface area contributed by atoms with E-state index in [1.54, 1.807) is 0 Å². The molecule has 3 heteroatoms. The number of nitrogens with two attached hydrogens (primary N) is 2. The lowest BCUT2D eigenvalue weighted by Crippen LogP contribution is -2.32. The van der Waals surface area contributed by atoms with E-state index in [-0.39, 0.29) is 0 Å². The van der Waals surface area contributed by atoms with Crippen molar-refractivity contribution < 1.29 is 0 Å². The van der Waals surface area contributed by atoms with Crippen LogP contribution in [0.1, 0.15) is 11.1 Å². The van der Waals surface area contributed by atoms with E-state index in [9.17, 15) is 0 Å². The van der Waals surface area contributed by atoms with Crippen molar-refractivity contribution in [1.82, 2.24) is 0 Å². The van der Waals surface area contributed by atoms with E-state index in [0.717, 1.165) is 11.4 Å². The van der Waals surface area contributed by atoms with Gasteiger partial charge in [-0.15, -0.1) is 0 Å². The Hall–Kier alpha value is -1.74. The second-order valence-corrected chi connectivity index (χ2v) is 11.0. The Morgan fingerprint density at radius 1 is 0.684 bits per heavy atom.